The van der Waals surface area contributed by atoms with Crippen molar-refractivity contribution in [2.24, 2.45) is 0 Å². The van der Waals surface area contributed by atoms with Crippen molar-refractivity contribution in [3.05, 3.63) is 212 Å². The van der Waals surface area contributed by atoms with Gasteiger partial charge < -0.3 is 4.90 Å². The fourth-order valence-electron chi connectivity index (χ4n) is 10.6. The second-order valence-corrected chi connectivity index (χ2v) is 18.1. The Morgan fingerprint density at radius 3 is 1.94 bits per heavy atom. The molecule has 1 fully saturated rings. The fraction of sp³-hybridized carbons (Fsp3) is 0.100. The highest BCUT2D eigenvalue weighted by Gasteiger charge is 2.23. The van der Waals surface area contributed by atoms with Gasteiger partial charge in [-0.1, -0.05) is 183 Å². The van der Waals surface area contributed by atoms with Gasteiger partial charge >= 0.3 is 0 Å². The monoisotopic (exact) mass is 811 g/mol. The molecule has 0 saturated heterocycles. The minimum atomic E-state index is 0.587. The molecule has 1 nitrogen and oxygen atoms in total. The van der Waals surface area contributed by atoms with Gasteiger partial charge in [-0.05, 0) is 127 Å². The Morgan fingerprint density at radius 1 is 0.371 bits per heavy atom. The summed E-state index contributed by atoms with van der Waals surface area (Å²) < 4.78 is 2.65. The van der Waals surface area contributed by atoms with Crippen LogP contribution in [0.3, 0.4) is 0 Å². The highest BCUT2D eigenvalue weighted by Crippen LogP contribution is 2.47. The second-order valence-electron chi connectivity index (χ2n) is 17.0. The van der Waals surface area contributed by atoms with Crippen LogP contribution >= 0.6 is 11.3 Å². The maximum Gasteiger partial charge on any atom is 0.0540 e. The van der Waals surface area contributed by atoms with E-state index in [2.05, 4.69) is 211 Å². The molecule has 0 spiro atoms. The van der Waals surface area contributed by atoms with E-state index in [1.807, 2.05) is 11.3 Å². The van der Waals surface area contributed by atoms with Crippen LogP contribution in [-0.2, 0) is 0 Å². The van der Waals surface area contributed by atoms with Gasteiger partial charge in [0.25, 0.3) is 0 Å². The van der Waals surface area contributed by atoms with Crippen molar-refractivity contribution >= 4 is 80.9 Å². The lowest BCUT2D eigenvalue weighted by Gasteiger charge is -2.29. The summed E-state index contributed by atoms with van der Waals surface area (Å²) in [6.45, 7) is 0. The third-order valence-corrected chi connectivity index (χ3v) is 14.6. The first-order chi connectivity index (χ1) is 30.8. The molecule has 0 N–H and O–H groups in total. The molecule has 2 heteroatoms. The SMILES string of the molecule is c1cc(-c2cccc3c2ccc2ccccc23)cc(N(c2ccc(-c3cccc4sc5ccccc5c34)cc2)c2ccccc2-c2cccc3cccc(C4CCCCC4)c23)c1. The van der Waals surface area contributed by atoms with Gasteiger partial charge in [0.05, 0.1) is 5.69 Å². The predicted octanol–water partition coefficient (Wildman–Crippen LogP) is 18.0. The van der Waals surface area contributed by atoms with E-state index in [4.69, 9.17) is 0 Å². The van der Waals surface area contributed by atoms with E-state index >= 15 is 0 Å². The molecule has 11 aromatic rings. The van der Waals surface area contributed by atoms with Gasteiger partial charge in [-0.3, -0.25) is 0 Å². The van der Waals surface area contributed by atoms with Crippen molar-refractivity contribution in [3.8, 4) is 33.4 Å². The normalized spacial score (nSPS) is 13.4. The predicted molar refractivity (Wildman–Crippen MR) is 269 cm³/mol. The Balaban J connectivity index is 1.05. The van der Waals surface area contributed by atoms with Crippen molar-refractivity contribution in [1.82, 2.24) is 0 Å². The molecule has 0 radical (unpaired) electrons. The Bertz CT molecular complexity index is 3450. The van der Waals surface area contributed by atoms with Gasteiger partial charge in [-0.25, -0.2) is 0 Å². The van der Waals surface area contributed by atoms with Crippen LogP contribution in [0.1, 0.15) is 43.6 Å². The number of rotatable bonds is 7. The van der Waals surface area contributed by atoms with Crippen LogP contribution < -0.4 is 4.90 Å². The van der Waals surface area contributed by atoms with Gasteiger partial charge in [-0.2, -0.15) is 0 Å². The fourth-order valence-corrected chi connectivity index (χ4v) is 11.7. The zero-order valence-electron chi connectivity index (χ0n) is 34.6. The summed E-state index contributed by atoms with van der Waals surface area (Å²) in [4.78, 5) is 2.49. The van der Waals surface area contributed by atoms with Crippen molar-refractivity contribution < 1.29 is 0 Å². The standard InChI is InChI=1S/C60H45NS/c1-2-15-40(16-3-1)49-26-11-18-43-19-12-29-54(59(43)49)53-23-6-8-30-56(53)61(45-36-33-42(34-37-45)50-27-14-32-58-60(50)55-24-7-9-31-57(55)62-58)46-21-10-20-44(39-46)48-25-13-28-51-47-22-5-4-17-41(47)35-38-52(48)51/h4-14,17-40H,1-3,15-16H2. The molecule has 1 saturated carbocycles. The quantitative estimate of drug-likeness (QED) is 0.145. The minimum Gasteiger partial charge on any atom is -0.310 e. The third-order valence-electron chi connectivity index (χ3n) is 13.5. The molecule has 0 aliphatic heterocycles. The van der Waals surface area contributed by atoms with Crippen LogP contribution in [-0.4, -0.2) is 0 Å². The molecular weight excluding hydrogens is 767 g/mol. The molecule has 12 rings (SSSR count). The molecule has 1 aromatic heterocycles. The largest absolute Gasteiger partial charge is 0.310 e. The van der Waals surface area contributed by atoms with Gasteiger partial charge in [0.15, 0.2) is 0 Å². The zero-order chi connectivity index (χ0) is 41.0. The minimum absolute atomic E-state index is 0.587. The van der Waals surface area contributed by atoms with Crippen LogP contribution in [0.4, 0.5) is 17.1 Å². The van der Waals surface area contributed by atoms with Crippen LogP contribution in [0.25, 0.3) is 85.9 Å². The molecule has 0 amide bonds. The van der Waals surface area contributed by atoms with Crippen LogP contribution in [0, 0.1) is 0 Å². The Morgan fingerprint density at radius 2 is 1.03 bits per heavy atom. The van der Waals surface area contributed by atoms with Crippen LogP contribution in [0.15, 0.2) is 206 Å². The summed E-state index contributed by atoms with van der Waals surface area (Å²) in [7, 11) is 0. The first-order valence-corrected chi connectivity index (χ1v) is 23.0. The van der Waals surface area contributed by atoms with Crippen molar-refractivity contribution in [3.63, 3.8) is 0 Å². The maximum atomic E-state index is 2.49. The van der Waals surface area contributed by atoms with Gasteiger partial charge in [-0.15, -0.1) is 11.3 Å². The van der Waals surface area contributed by atoms with E-state index in [0.29, 0.717) is 5.92 Å². The number of anilines is 3. The number of para-hydroxylation sites is 1. The number of thiophene rings is 1. The van der Waals surface area contributed by atoms with E-state index in [9.17, 15) is 0 Å². The zero-order valence-corrected chi connectivity index (χ0v) is 35.4. The summed E-state index contributed by atoms with van der Waals surface area (Å²) in [5, 5.41) is 10.5. The molecule has 1 heterocycles. The van der Waals surface area contributed by atoms with E-state index in [1.165, 1.54) is 124 Å². The smallest absolute Gasteiger partial charge is 0.0540 e. The van der Waals surface area contributed by atoms with Crippen LogP contribution in [0.2, 0.25) is 0 Å². The van der Waals surface area contributed by atoms with E-state index in [0.717, 1.165) is 17.1 Å². The van der Waals surface area contributed by atoms with Crippen molar-refractivity contribution in [2.75, 3.05) is 4.90 Å². The number of nitrogens with zero attached hydrogens (tertiary/aromatic N) is 1. The number of hydrogen-bond acceptors (Lipinski definition) is 2. The molecule has 10 aromatic carbocycles. The lowest BCUT2D eigenvalue weighted by atomic mass is 9.80. The lowest BCUT2D eigenvalue weighted by Crippen LogP contribution is -2.11. The highest BCUT2D eigenvalue weighted by molar-refractivity contribution is 7.25. The van der Waals surface area contributed by atoms with Gasteiger partial charge in [0.2, 0.25) is 0 Å². The average Bonchev–Trinajstić information content (AvgIpc) is 3.73. The van der Waals surface area contributed by atoms with Crippen molar-refractivity contribution in [1.29, 1.82) is 0 Å². The van der Waals surface area contributed by atoms with E-state index in [-0.39, 0.29) is 0 Å². The number of benzene rings is 10. The molecule has 0 atom stereocenters. The average molecular weight is 812 g/mol. The van der Waals surface area contributed by atoms with Crippen molar-refractivity contribution in [2.45, 2.75) is 38.0 Å². The summed E-state index contributed by atoms with van der Waals surface area (Å²) in [6, 6.07) is 77.1. The second kappa shape index (κ2) is 15.5. The van der Waals surface area contributed by atoms with E-state index < -0.39 is 0 Å². The summed E-state index contributed by atoms with van der Waals surface area (Å²) >= 11 is 1.88. The Hall–Kier alpha value is -7.00. The maximum absolute atomic E-state index is 2.49. The number of fused-ring (bicyclic) bond motifs is 7. The summed E-state index contributed by atoms with van der Waals surface area (Å²) in [5.41, 5.74) is 12.4. The molecule has 1 aliphatic rings. The third kappa shape index (κ3) is 6.29. The molecule has 0 unspecified atom stereocenters. The molecule has 1 aliphatic carbocycles. The van der Waals surface area contributed by atoms with Gasteiger partial charge in [0, 0.05) is 37.1 Å². The first-order valence-electron chi connectivity index (χ1n) is 22.2. The number of hydrogen-bond donors (Lipinski definition) is 0. The van der Waals surface area contributed by atoms with Gasteiger partial charge in [0.1, 0.15) is 0 Å². The molecular formula is C60H45NS. The Labute approximate surface area is 367 Å². The summed E-state index contributed by atoms with van der Waals surface area (Å²) in [5.74, 6) is 0.587. The molecule has 0 bridgehead atoms. The van der Waals surface area contributed by atoms with Crippen LogP contribution in [0.5, 0.6) is 0 Å². The molecule has 296 valence electrons. The summed E-state index contributed by atoms with van der Waals surface area (Å²) in [6.07, 6.45) is 6.49. The first kappa shape index (κ1) is 36.8. The lowest BCUT2D eigenvalue weighted by molar-refractivity contribution is 0.445. The van der Waals surface area contributed by atoms with E-state index in [1.54, 1.807) is 0 Å². The highest BCUT2D eigenvalue weighted by atomic mass is 32.1. The topological polar surface area (TPSA) is 3.24 Å². The molecule has 62 heavy (non-hydrogen) atoms. The Kier molecular flexibility index (Phi) is 9.19.